The van der Waals surface area contributed by atoms with Crippen LogP contribution in [0.25, 0.3) is 0 Å². The second-order valence-corrected chi connectivity index (χ2v) is 7.03. The molecule has 0 fully saturated rings. The first kappa shape index (κ1) is 23.1. The minimum atomic E-state index is 0.103. The van der Waals surface area contributed by atoms with E-state index in [2.05, 4.69) is 19.2 Å². The summed E-state index contributed by atoms with van der Waals surface area (Å²) in [6.45, 7) is 5.21. The van der Waals surface area contributed by atoms with Gasteiger partial charge in [-0.1, -0.05) is 78.1 Å². The van der Waals surface area contributed by atoms with Gasteiger partial charge in [0.15, 0.2) is 0 Å². The molecule has 0 aliphatic rings. The van der Waals surface area contributed by atoms with Crippen LogP contribution in [0.2, 0.25) is 0 Å². The minimum Gasteiger partial charge on any atom is -0.356 e. The first-order chi connectivity index (χ1) is 11.7. The Kier molecular flexibility index (Phi) is 17.8. The highest BCUT2D eigenvalue weighted by molar-refractivity contribution is 5.80. The molecule has 0 saturated carbocycles. The van der Waals surface area contributed by atoms with Gasteiger partial charge in [-0.2, -0.15) is 0 Å². The van der Waals surface area contributed by atoms with Crippen molar-refractivity contribution in [3.8, 4) is 0 Å². The lowest BCUT2D eigenvalue weighted by Crippen LogP contribution is -2.24. The molecular formula is C21H41NO2. The Morgan fingerprint density at radius 1 is 0.583 bits per heavy atom. The number of ketones is 1. The van der Waals surface area contributed by atoms with Gasteiger partial charge >= 0.3 is 0 Å². The Bertz CT molecular complexity index is 302. The smallest absolute Gasteiger partial charge is 0.220 e. The summed E-state index contributed by atoms with van der Waals surface area (Å²) in [5, 5.41) is 2.95. The maximum absolute atomic E-state index is 11.8. The van der Waals surface area contributed by atoms with E-state index < -0.39 is 0 Å². The fourth-order valence-corrected chi connectivity index (χ4v) is 2.90. The third-order valence-electron chi connectivity index (χ3n) is 4.52. The molecule has 0 radical (unpaired) electrons. The van der Waals surface area contributed by atoms with Crippen LogP contribution in [0.1, 0.15) is 117 Å². The number of unbranched alkanes of at least 4 members (excludes halogenated alkanes) is 10. The van der Waals surface area contributed by atoms with Gasteiger partial charge in [-0.05, 0) is 19.3 Å². The van der Waals surface area contributed by atoms with E-state index in [1.54, 1.807) is 0 Å². The highest BCUT2D eigenvalue weighted by atomic mass is 16.1. The van der Waals surface area contributed by atoms with Crippen LogP contribution < -0.4 is 5.32 Å². The zero-order valence-corrected chi connectivity index (χ0v) is 16.3. The molecule has 0 spiro atoms. The van der Waals surface area contributed by atoms with E-state index in [4.69, 9.17) is 0 Å². The summed E-state index contributed by atoms with van der Waals surface area (Å²) in [6, 6.07) is 0. The summed E-state index contributed by atoms with van der Waals surface area (Å²) >= 11 is 0. The maximum Gasteiger partial charge on any atom is 0.220 e. The number of carbonyl (C=O) groups is 2. The molecule has 0 aliphatic heterocycles. The van der Waals surface area contributed by atoms with Gasteiger partial charge in [0.2, 0.25) is 5.91 Å². The molecule has 0 unspecified atom stereocenters. The van der Waals surface area contributed by atoms with E-state index in [0.717, 1.165) is 19.4 Å². The van der Waals surface area contributed by atoms with Crippen LogP contribution in [0.4, 0.5) is 0 Å². The van der Waals surface area contributed by atoms with E-state index in [9.17, 15) is 9.59 Å². The molecule has 0 bridgehead atoms. The number of hydrogen-bond donors (Lipinski definition) is 1. The lowest BCUT2D eigenvalue weighted by atomic mass is 10.0. The van der Waals surface area contributed by atoms with Crippen molar-refractivity contribution >= 4 is 11.7 Å². The normalized spacial score (nSPS) is 10.8. The summed E-state index contributed by atoms with van der Waals surface area (Å²) in [4.78, 5) is 23.4. The second-order valence-electron chi connectivity index (χ2n) is 7.03. The van der Waals surface area contributed by atoms with E-state index in [0.29, 0.717) is 31.5 Å². The Balaban J connectivity index is 3.32. The number of rotatable bonds is 18. The molecule has 0 atom stereocenters. The largest absolute Gasteiger partial charge is 0.356 e. The summed E-state index contributed by atoms with van der Waals surface area (Å²) in [7, 11) is 0. The lowest BCUT2D eigenvalue weighted by Gasteiger charge is -2.05. The van der Waals surface area contributed by atoms with Crippen molar-refractivity contribution in [3.63, 3.8) is 0 Å². The molecule has 0 heterocycles. The quantitative estimate of drug-likeness (QED) is 0.313. The van der Waals surface area contributed by atoms with Crippen LogP contribution in [-0.4, -0.2) is 18.2 Å². The first-order valence-electron chi connectivity index (χ1n) is 10.5. The summed E-state index contributed by atoms with van der Waals surface area (Å²) in [5.74, 6) is 0.433. The fourth-order valence-electron chi connectivity index (χ4n) is 2.90. The van der Waals surface area contributed by atoms with Crippen LogP contribution >= 0.6 is 0 Å². The molecule has 3 heteroatoms. The van der Waals surface area contributed by atoms with Crippen LogP contribution in [0, 0.1) is 0 Å². The van der Waals surface area contributed by atoms with Gasteiger partial charge in [0.05, 0.1) is 0 Å². The van der Waals surface area contributed by atoms with Crippen molar-refractivity contribution in [2.45, 2.75) is 117 Å². The molecule has 0 aromatic rings. The predicted molar refractivity (Wildman–Crippen MR) is 103 cm³/mol. The number of carbonyl (C=O) groups excluding carboxylic acids is 2. The van der Waals surface area contributed by atoms with E-state index >= 15 is 0 Å². The van der Waals surface area contributed by atoms with Gasteiger partial charge in [0, 0.05) is 25.8 Å². The monoisotopic (exact) mass is 339 g/mol. The molecule has 3 nitrogen and oxygen atoms in total. The minimum absolute atomic E-state index is 0.103. The average Bonchev–Trinajstić information content (AvgIpc) is 2.57. The molecule has 1 N–H and O–H groups in total. The SMILES string of the molecule is CCCCCCCCCCC(=O)CCCC(=O)NCCCCCC. The Labute approximate surface area is 150 Å². The topological polar surface area (TPSA) is 46.2 Å². The lowest BCUT2D eigenvalue weighted by molar-refractivity contribution is -0.121. The second kappa shape index (κ2) is 18.5. The zero-order chi connectivity index (χ0) is 17.9. The van der Waals surface area contributed by atoms with Crippen LogP contribution in [0.3, 0.4) is 0 Å². The standard InChI is InChI=1S/C21H41NO2/c1-3-5-7-9-10-11-12-13-16-20(23)17-15-18-21(24)22-19-14-8-6-4-2/h3-19H2,1-2H3,(H,22,24). The van der Waals surface area contributed by atoms with Gasteiger partial charge in [-0.25, -0.2) is 0 Å². The average molecular weight is 340 g/mol. The number of Topliss-reactive ketones (excluding diaryl/α,β-unsaturated/α-hetero) is 1. The third-order valence-corrected chi connectivity index (χ3v) is 4.52. The Morgan fingerprint density at radius 2 is 1.08 bits per heavy atom. The van der Waals surface area contributed by atoms with Crippen molar-refractivity contribution in [1.29, 1.82) is 0 Å². The highest BCUT2D eigenvalue weighted by Gasteiger charge is 2.05. The van der Waals surface area contributed by atoms with Gasteiger partial charge in [0.1, 0.15) is 5.78 Å². The zero-order valence-electron chi connectivity index (χ0n) is 16.3. The molecule has 24 heavy (non-hydrogen) atoms. The Morgan fingerprint density at radius 3 is 1.71 bits per heavy atom. The van der Waals surface area contributed by atoms with Gasteiger partial charge < -0.3 is 5.32 Å². The van der Waals surface area contributed by atoms with Crippen molar-refractivity contribution in [2.75, 3.05) is 6.54 Å². The predicted octanol–water partition coefficient (Wildman–Crippen LogP) is 5.95. The fraction of sp³-hybridized carbons (Fsp3) is 0.905. The highest BCUT2D eigenvalue weighted by Crippen LogP contribution is 2.11. The molecule has 0 rings (SSSR count). The number of amides is 1. The summed E-state index contributed by atoms with van der Waals surface area (Å²) < 4.78 is 0. The molecule has 0 aliphatic carbocycles. The molecular weight excluding hydrogens is 298 g/mol. The molecule has 0 aromatic carbocycles. The van der Waals surface area contributed by atoms with Gasteiger partial charge in [0.25, 0.3) is 0 Å². The van der Waals surface area contributed by atoms with E-state index in [1.165, 1.54) is 64.2 Å². The van der Waals surface area contributed by atoms with Crippen LogP contribution in [0.15, 0.2) is 0 Å². The van der Waals surface area contributed by atoms with Gasteiger partial charge in [-0.3, -0.25) is 9.59 Å². The van der Waals surface area contributed by atoms with Crippen molar-refractivity contribution in [2.24, 2.45) is 0 Å². The van der Waals surface area contributed by atoms with E-state index in [1.807, 2.05) is 0 Å². The number of nitrogens with one attached hydrogen (secondary N) is 1. The maximum atomic E-state index is 11.8. The molecule has 142 valence electrons. The van der Waals surface area contributed by atoms with Crippen LogP contribution in [-0.2, 0) is 9.59 Å². The van der Waals surface area contributed by atoms with Crippen LogP contribution in [0.5, 0.6) is 0 Å². The summed E-state index contributed by atoms with van der Waals surface area (Å²) in [6.07, 6.45) is 17.3. The third kappa shape index (κ3) is 17.5. The van der Waals surface area contributed by atoms with Crippen molar-refractivity contribution in [3.05, 3.63) is 0 Å². The van der Waals surface area contributed by atoms with E-state index in [-0.39, 0.29) is 5.91 Å². The van der Waals surface area contributed by atoms with Gasteiger partial charge in [-0.15, -0.1) is 0 Å². The molecule has 0 aromatic heterocycles. The number of hydrogen-bond acceptors (Lipinski definition) is 2. The summed E-state index contributed by atoms with van der Waals surface area (Å²) in [5.41, 5.74) is 0. The molecule has 1 amide bonds. The first-order valence-corrected chi connectivity index (χ1v) is 10.5. The Hall–Kier alpha value is -0.860. The van der Waals surface area contributed by atoms with Crippen molar-refractivity contribution in [1.82, 2.24) is 5.32 Å². The van der Waals surface area contributed by atoms with Crippen molar-refractivity contribution < 1.29 is 9.59 Å². The molecule has 0 saturated heterocycles.